The number of aromatic amines is 1. The van der Waals surface area contributed by atoms with Crippen molar-refractivity contribution in [3.05, 3.63) is 40.6 Å². The maximum Gasteiger partial charge on any atom is 0.251 e. The van der Waals surface area contributed by atoms with Gasteiger partial charge in [-0.1, -0.05) is 0 Å². The second-order valence-electron chi connectivity index (χ2n) is 3.09. The summed E-state index contributed by atoms with van der Waals surface area (Å²) in [4.78, 5) is 26.1. The molecule has 0 aromatic carbocycles. The van der Waals surface area contributed by atoms with Gasteiger partial charge in [0.15, 0.2) is 11.6 Å². The van der Waals surface area contributed by atoms with Crippen molar-refractivity contribution in [1.82, 2.24) is 19.9 Å². The van der Waals surface area contributed by atoms with Gasteiger partial charge in [0.25, 0.3) is 5.56 Å². The fraction of sp³-hybridized carbons (Fsp3) is 0.200. The van der Waals surface area contributed by atoms with Crippen LogP contribution in [0.3, 0.4) is 0 Å². The summed E-state index contributed by atoms with van der Waals surface area (Å²) in [6.45, 7) is 0.282. The molecule has 0 saturated carbocycles. The van der Waals surface area contributed by atoms with Crippen molar-refractivity contribution in [3.63, 3.8) is 0 Å². The first-order valence-corrected chi connectivity index (χ1v) is 4.66. The van der Waals surface area contributed by atoms with Crippen molar-refractivity contribution in [1.29, 1.82) is 0 Å². The van der Waals surface area contributed by atoms with Gasteiger partial charge in [-0.15, -0.1) is 0 Å². The van der Waals surface area contributed by atoms with E-state index in [1.807, 2.05) is 0 Å². The van der Waals surface area contributed by atoms with Crippen LogP contribution < -0.4 is 5.56 Å². The zero-order chi connectivity index (χ0) is 11.4. The molecule has 0 aliphatic rings. The maximum atomic E-state index is 11.4. The summed E-state index contributed by atoms with van der Waals surface area (Å²) in [5.74, 6) is 0.734. The van der Waals surface area contributed by atoms with Gasteiger partial charge >= 0.3 is 0 Å². The van der Waals surface area contributed by atoms with Crippen LogP contribution in [0.4, 0.5) is 0 Å². The largest absolute Gasteiger partial charge is 0.378 e. The second-order valence-corrected chi connectivity index (χ2v) is 3.09. The molecular weight excluding hydrogens is 208 g/mol. The van der Waals surface area contributed by atoms with Crippen molar-refractivity contribution >= 4 is 0 Å². The molecule has 2 heterocycles. The molecule has 2 aromatic rings. The number of nitrogens with zero attached hydrogens (tertiary/aromatic N) is 3. The Hall–Kier alpha value is -2.08. The standard InChI is InChI=1S/C10H10N4O2/c1-16-6-7-5-8(15)14-10(13-7)9-11-3-2-4-12-9/h2-5H,6H2,1H3,(H,13,14,15). The molecule has 0 amide bonds. The summed E-state index contributed by atoms with van der Waals surface area (Å²) >= 11 is 0. The molecule has 0 atom stereocenters. The van der Waals surface area contributed by atoms with Gasteiger partial charge in [-0.05, 0) is 6.07 Å². The van der Waals surface area contributed by atoms with Crippen molar-refractivity contribution in [2.24, 2.45) is 0 Å². The molecule has 0 aliphatic carbocycles. The minimum atomic E-state index is -0.246. The Bertz CT molecular complexity index is 524. The van der Waals surface area contributed by atoms with E-state index in [1.54, 1.807) is 25.6 Å². The molecule has 0 unspecified atom stereocenters. The monoisotopic (exact) mass is 218 g/mol. The minimum absolute atomic E-state index is 0.246. The summed E-state index contributed by atoms with van der Waals surface area (Å²) < 4.78 is 4.92. The third kappa shape index (κ3) is 2.29. The van der Waals surface area contributed by atoms with Gasteiger partial charge in [0.05, 0.1) is 12.3 Å². The predicted octanol–water partition coefficient (Wildman–Crippen LogP) is 0.373. The first kappa shape index (κ1) is 10.4. The molecule has 0 radical (unpaired) electrons. The van der Waals surface area contributed by atoms with Crippen molar-refractivity contribution < 1.29 is 4.74 Å². The normalized spacial score (nSPS) is 10.3. The molecule has 16 heavy (non-hydrogen) atoms. The van der Waals surface area contributed by atoms with Crippen LogP contribution >= 0.6 is 0 Å². The number of aromatic nitrogens is 4. The molecule has 6 nitrogen and oxygen atoms in total. The third-order valence-corrected chi connectivity index (χ3v) is 1.86. The van der Waals surface area contributed by atoms with E-state index in [1.165, 1.54) is 6.07 Å². The van der Waals surface area contributed by atoms with Gasteiger partial charge in [0.1, 0.15) is 0 Å². The topological polar surface area (TPSA) is 80.8 Å². The van der Waals surface area contributed by atoms with E-state index in [4.69, 9.17) is 4.74 Å². The molecule has 2 aromatic heterocycles. The van der Waals surface area contributed by atoms with Gasteiger partial charge in [0, 0.05) is 25.6 Å². The lowest BCUT2D eigenvalue weighted by atomic mass is 10.4. The van der Waals surface area contributed by atoms with Crippen LogP contribution in [0.1, 0.15) is 5.69 Å². The number of hydrogen-bond acceptors (Lipinski definition) is 5. The minimum Gasteiger partial charge on any atom is -0.378 e. The average Bonchev–Trinajstić information content (AvgIpc) is 2.30. The quantitative estimate of drug-likeness (QED) is 0.805. The lowest BCUT2D eigenvalue weighted by Crippen LogP contribution is -2.11. The predicted molar refractivity (Wildman–Crippen MR) is 56.6 cm³/mol. The number of H-pyrrole nitrogens is 1. The first-order chi connectivity index (χ1) is 7.79. The highest BCUT2D eigenvalue weighted by Crippen LogP contribution is 2.05. The van der Waals surface area contributed by atoms with Gasteiger partial charge in [-0.25, -0.2) is 15.0 Å². The third-order valence-electron chi connectivity index (χ3n) is 1.86. The van der Waals surface area contributed by atoms with Crippen LogP contribution in [0.2, 0.25) is 0 Å². The van der Waals surface area contributed by atoms with E-state index >= 15 is 0 Å². The number of methoxy groups -OCH3 is 1. The Labute approximate surface area is 91.4 Å². The fourth-order valence-corrected chi connectivity index (χ4v) is 1.26. The van der Waals surface area contributed by atoms with Crippen LogP contribution in [0.5, 0.6) is 0 Å². The Morgan fingerprint density at radius 2 is 2.12 bits per heavy atom. The first-order valence-electron chi connectivity index (χ1n) is 4.66. The zero-order valence-electron chi connectivity index (χ0n) is 8.67. The molecule has 0 fully saturated rings. The number of hydrogen-bond donors (Lipinski definition) is 1. The van der Waals surface area contributed by atoms with Crippen molar-refractivity contribution in [2.45, 2.75) is 6.61 Å². The molecule has 0 bridgehead atoms. The molecule has 0 spiro atoms. The number of nitrogens with one attached hydrogen (secondary N) is 1. The molecule has 0 aliphatic heterocycles. The van der Waals surface area contributed by atoms with Gasteiger partial charge < -0.3 is 9.72 Å². The van der Waals surface area contributed by atoms with Crippen LogP contribution in [0.25, 0.3) is 11.6 Å². The Balaban J connectivity index is 2.45. The van der Waals surface area contributed by atoms with Crippen LogP contribution in [-0.4, -0.2) is 27.0 Å². The van der Waals surface area contributed by atoms with E-state index in [2.05, 4.69) is 19.9 Å². The van der Waals surface area contributed by atoms with E-state index < -0.39 is 0 Å². The lowest BCUT2D eigenvalue weighted by Gasteiger charge is -2.01. The smallest absolute Gasteiger partial charge is 0.251 e. The Morgan fingerprint density at radius 3 is 2.81 bits per heavy atom. The second kappa shape index (κ2) is 4.63. The van der Waals surface area contributed by atoms with Crippen molar-refractivity contribution in [2.75, 3.05) is 7.11 Å². The average molecular weight is 218 g/mol. The van der Waals surface area contributed by atoms with Crippen LogP contribution in [-0.2, 0) is 11.3 Å². The van der Waals surface area contributed by atoms with Gasteiger partial charge in [-0.3, -0.25) is 4.79 Å². The van der Waals surface area contributed by atoms with Gasteiger partial charge in [-0.2, -0.15) is 0 Å². The van der Waals surface area contributed by atoms with E-state index in [0.29, 0.717) is 17.3 Å². The van der Waals surface area contributed by atoms with E-state index in [0.717, 1.165) is 0 Å². The van der Waals surface area contributed by atoms with Gasteiger partial charge in [0.2, 0.25) is 0 Å². The molecule has 1 N–H and O–H groups in total. The Morgan fingerprint density at radius 1 is 1.38 bits per heavy atom. The highest BCUT2D eigenvalue weighted by molar-refractivity contribution is 5.41. The molecule has 6 heteroatoms. The molecule has 2 rings (SSSR count). The van der Waals surface area contributed by atoms with Crippen molar-refractivity contribution in [3.8, 4) is 11.6 Å². The summed E-state index contributed by atoms with van der Waals surface area (Å²) in [5, 5.41) is 0. The number of rotatable bonds is 3. The number of ether oxygens (including phenoxy) is 1. The maximum absolute atomic E-state index is 11.4. The fourth-order valence-electron chi connectivity index (χ4n) is 1.26. The zero-order valence-corrected chi connectivity index (χ0v) is 8.67. The van der Waals surface area contributed by atoms with Crippen LogP contribution in [0.15, 0.2) is 29.3 Å². The lowest BCUT2D eigenvalue weighted by molar-refractivity contribution is 0.181. The molecule has 82 valence electrons. The molecule has 0 saturated heterocycles. The summed E-state index contributed by atoms with van der Waals surface area (Å²) in [6.07, 6.45) is 3.18. The summed E-state index contributed by atoms with van der Waals surface area (Å²) in [6, 6.07) is 3.08. The summed E-state index contributed by atoms with van der Waals surface area (Å²) in [7, 11) is 1.54. The van der Waals surface area contributed by atoms with E-state index in [9.17, 15) is 4.79 Å². The highest BCUT2D eigenvalue weighted by atomic mass is 16.5. The highest BCUT2D eigenvalue weighted by Gasteiger charge is 2.05. The van der Waals surface area contributed by atoms with Crippen LogP contribution in [0, 0.1) is 0 Å². The van der Waals surface area contributed by atoms with E-state index in [-0.39, 0.29) is 12.2 Å². The molecular formula is C10H10N4O2. The Kier molecular flexibility index (Phi) is 3.02. The summed E-state index contributed by atoms with van der Waals surface area (Å²) in [5.41, 5.74) is 0.304. The SMILES string of the molecule is COCc1cc(=O)[nH]c(-c2ncccn2)n1.